The van der Waals surface area contributed by atoms with Crippen molar-refractivity contribution < 1.29 is 40.8 Å². The molecule has 0 aliphatic rings. The van der Waals surface area contributed by atoms with Gasteiger partial charge in [0.25, 0.3) is 5.60 Å². The molecule has 0 bridgehead atoms. The molecule has 0 aliphatic heterocycles. The fourth-order valence-corrected chi connectivity index (χ4v) is 4.22. The molecule has 0 aliphatic carbocycles. The van der Waals surface area contributed by atoms with Gasteiger partial charge in [-0.3, -0.25) is 0 Å². The van der Waals surface area contributed by atoms with E-state index < -0.39 is 44.8 Å². The monoisotopic (exact) mass is 426 g/mol. The van der Waals surface area contributed by atoms with E-state index in [1.165, 1.54) is 38.1 Å². The normalized spacial score (nSPS) is 14.8. The first-order valence-electron chi connectivity index (χ1n) is 7.81. The predicted molar refractivity (Wildman–Crippen MR) is 88.8 cm³/mol. The minimum atomic E-state index is -6.11. The van der Waals surface area contributed by atoms with Crippen LogP contribution >= 0.6 is 0 Å². The predicted octanol–water partition coefficient (Wildman–Crippen LogP) is 4.39. The lowest BCUT2D eigenvalue weighted by atomic mass is 9.92. The molecule has 0 spiro atoms. The highest BCUT2D eigenvalue weighted by Gasteiger charge is 2.72. The maximum Gasteiger partial charge on any atom is 0.430 e. The van der Waals surface area contributed by atoms with Crippen molar-refractivity contribution in [3.63, 3.8) is 0 Å². The van der Waals surface area contributed by atoms with Crippen LogP contribution in [-0.2, 0) is 22.0 Å². The number of alkyl halides is 6. The molecule has 0 radical (unpaired) electrons. The summed E-state index contributed by atoms with van der Waals surface area (Å²) in [5, 5.41) is 19.9. The SMILES string of the molecule is CC(C)(O)c1ccccc1S(=O)c1ccccc1C(O)(C(F)(F)F)C(F)(F)F. The second kappa shape index (κ2) is 7.16. The highest BCUT2D eigenvalue weighted by Crippen LogP contribution is 2.51. The summed E-state index contributed by atoms with van der Waals surface area (Å²) in [6.07, 6.45) is -12.2. The molecule has 0 fully saturated rings. The van der Waals surface area contributed by atoms with Gasteiger partial charge in [-0.2, -0.15) is 26.3 Å². The molecule has 2 aromatic carbocycles. The quantitative estimate of drug-likeness (QED) is 0.713. The van der Waals surface area contributed by atoms with E-state index in [2.05, 4.69) is 0 Å². The van der Waals surface area contributed by atoms with Crippen LogP contribution < -0.4 is 0 Å². The molecule has 1 atom stereocenters. The average Bonchev–Trinajstić information content (AvgIpc) is 2.57. The molecular weight excluding hydrogens is 410 g/mol. The molecule has 0 heterocycles. The topological polar surface area (TPSA) is 57.5 Å². The second-order valence-corrected chi connectivity index (χ2v) is 7.94. The fraction of sp³-hybridized carbons (Fsp3) is 0.333. The maximum absolute atomic E-state index is 13.3. The summed E-state index contributed by atoms with van der Waals surface area (Å²) in [7, 11) is -2.55. The lowest BCUT2D eigenvalue weighted by Gasteiger charge is -2.34. The maximum atomic E-state index is 13.3. The molecule has 1 unspecified atom stereocenters. The Labute approximate surface area is 159 Å². The van der Waals surface area contributed by atoms with Crippen LogP contribution in [0.15, 0.2) is 58.3 Å². The Morgan fingerprint density at radius 2 is 1.07 bits per heavy atom. The van der Waals surface area contributed by atoms with E-state index in [0.29, 0.717) is 6.07 Å². The van der Waals surface area contributed by atoms with Crippen LogP contribution in [0, 0.1) is 0 Å². The van der Waals surface area contributed by atoms with E-state index in [4.69, 9.17) is 0 Å². The van der Waals surface area contributed by atoms with E-state index in [1.54, 1.807) is 0 Å². The van der Waals surface area contributed by atoms with Crippen LogP contribution in [-0.4, -0.2) is 26.8 Å². The number of aliphatic hydroxyl groups is 2. The van der Waals surface area contributed by atoms with Crippen molar-refractivity contribution in [2.45, 2.75) is 47.2 Å². The Morgan fingerprint density at radius 3 is 1.46 bits per heavy atom. The first-order valence-corrected chi connectivity index (χ1v) is 8.96. The second-order valence-electron chi connectivity index (χ2n) is 6.53. The van der Waals surface area contributed by atoms with E-state index in [-0.39, 0.29) is 10.5 Å². The van der Waals surface area contributed by atoms with Crippen molar-refractivity contribution in [3.05, 3.63) is 59.7 Å². The number of hydrogen-bond donors (Lipinski definition) is 2. The minimum Gasteiger partial charge on any atom is -0.386 e. The van der Waals surface area contributed by atoms with Gasteiger partial charge in [-0.15, -0.1) is 0 Å². The van der Waals surface area contributed by atoms with Crippen molar-refractivity contribution in [1.82, 2.24) is 0 Å². The van der Waals surface area contributed by atoms with Crippen molar-refractivity contribution >= 4 is 10.8 Å². The Morgan fingerprint density at radius 1 is 0.714 bits per heavy atom. The number of hydrogen-bond acceptors (Lipinski definition) is 3. The van der Waals surface area contributed by atoms with Gasteiger partial charge in [0.2, 0.25) is 0 Å². The van der Waals surface area contributed by atoms with Crippen LogP contribution in [0.4, 0.5) is 26.3 Å². The number of halogens is 6. The first kappa shape index (κ1) is 22.4. The molecule has 0 aromatic heterocycles. The molecule has 0 saturated heterocycles. The third-order valence-electron chi connectivity index (χ3n) is 4.04. The van der Waals surface area contributed by atoms with Gasteiger partial charge in [-0.25, -0.2) is 4.21 Å². The van der Waals surface area contributed by atoms with Gasteiger partial charge >= 0.3 is 12.4 Å². The zero-order valence-corrected chi connectivity index (χ0v) is 15.4. The lowest BCUT2D eigenvalue weighted by Crippen LogP contribution is -2.54. The van der Waals surface area contributed by atoms with Gasteiger partial charge in [0.05, 0.1) is 21.3 Å². The fourth-order valence-electron chi connectivity index (χ4n) is 2.65. The third-order valence-corrected chi connectivity index (χ3v) is 5.55. The highest BCUT2D eigenvalue weighted by atomic mass is 32.2. The van der Waals surface area contributed by atoms with E-state index in [9.17, 15) is 40.8 Å². The Bertz CT molecular complexity index is 870. The standard InChI is InChI=1S/C18H16F6O3S/c1-15(2,25)11-7-3-5-9-13(11)28(27)14-10-6-4-8-12(14)16(26,17(19,20)21)18(22,23)24/h3-10,25-26H,1-2H3. The molecule has 28 heavy (non-hydrogen) atoms. The van der Waals surface area contributed by atoms with E-state index in [0.717, 1.165) is 18.2 Å². The molecule has 2 aromatic rings. The molecule has 0 amide bonds. The summed E-state index contributed by atoms with van der Waals surface area (Å²) in [6.45, 7) is 2.66. The Kier molecular flexibility index (Phi) is 5.72. The van der Waals surface area contributed by atoms with Gasteiger partial charge in [0.15, 0.2) is 0 Å². The largest absolute Gasteiger partial charge is 0.430 e. The number of rotatable bonds is 4. The van der Waals surface area contributed by atoms with Gasteiger partial charge < -0.3 is 10.2 Å². The van der Waals surface area contributed by atoms with Gasteiger partial charge in [0.1, 0.15) is 0 Å². The molecule has 0 saturated carbocycles. The molecule has 3 nitrogen and oxygen atoms in total. The number of benzene rings is 2. The van der Waals surface area contributed by atoms with Crippen molar-refractivity contribution in [2.24, 2.45) is 0 Å². The van der Waals surface area contributed by atoms with Crippen LogP contribution in [0.25, 0.3) is 0 Å². The Hall–Kier alpha value is -1.91. The van der Waals surface area contributed by atoms with Gasteiger partial charge in [-0.1, -0.05) is 36.4 Å². The lowest BCUT2D eigenvalue weighted by molar-refractivity contribution is -0.377. The molecule has 2 rings (SSSR count). The average molecular weight is 426 g/mol. The van der Waals surface area contributed by atoms with Crippen molar-refractivity contribution in [1.29, 1.82) is 0 Å². The summed E-state index contributed by atoms with van der Waals surface area (Å²) in [6, 6.07) is 8.66. The summed E-state index contributed by atoms with van der Waals surface area (Å²) in [4.78, 5) is -1.04. The molecule has 2 N–H and O–H groups in total. The first-order chi connectivity index (χ1) is 12.6. The molecule has 10 heteroatoms. The third kappa shape index (κ3) is 3.81. The van der Waals surface area contributed by atoms with Crippen LogP contribution in [0.3, 0.4) is 0 Å². The van der Waals surface area contributed by atoms with Crippen LogP contribution in [0.5, 0.6) is 0 Å². The van der Waals surface area contributed by atoms with E-state index >= 15 is 0 Å². The highest BCUT2D eigenvalue weighted by molar-refractivity contribution is 7.85. The van der Waals surface area contributed by atoms with Crippen molar-refractivity contribution in [2.75, 3.05) is 0 Å². The van der Waals surface area contributed by atoms with Crippen LogP contribution in [0.2, 0.25) is 0 Å². The minimum absolute atomic E-state index is 0.0608. The van der Waals surface area contributed by atoms with E-state index in [1.807, 2.05) is 0 Å². The smallest absolute Gasteiger partial charge is 0.386 e. The summed E-state index contributed by atoms with van der Waals surface area (Å²) >= 11 is 0. The zero-order chi connectivity index (χ0) is 21.5. The van der Waals surface area contributed by atoms with Gasteiger partial charge in [0, 0.05) is 10.5 Å². The summed E-state index contributed by atoms with van der Waals surface area (Å²) in [5.41, 5.74) is -8.30. The summed E-state index contributed by atoms with van der Waals surface area (Å²) < 4.78 is 92.7. The summed E-state index contributed by atoms with van der Waals surface area (Å²) in [5.74, 6) is 0. The molecule has 154 valence electrons. The van der Waals surface area contributed by atoms with Gasteiger partial charge in [-0.05, 0) is 31.5 Å². The Balaban J connectivity index is 2.78. The van der Waals surface area contributed by atoms with Crippen LogP contribution in [0.1, 0.15) is 25.0 Å². The zero-order valence-electron chi connectivity index (χ0n) is 14.6. The molecular formula is C18H16F6O3S. The van der Waals surface area contributed by atoms with Crippen molar-refractivity contribution in [3.8, 4) is 0 Å².